The van der Waals surface area contributed by atoms with E-state index < -0.39 is 147 Å². The summed E-state index contributed by atoms with van der Waals surface area (Å²) in [5.74, 6) is -6.15. The van der Waals surface area contributed by atoms with E-state index in [0.29, 0.717) is 0 Å². The van der Waals surface area contributed by atoms with Gasteiger partial charge in [-0.25, -0.2) is 0 Å². The molecule has 0 radical (unpaired) electrons. The normalized spacial score (nSPS) is 37.2. The molecule has 0 aromatic carbocycles. The van der Waals surface area contributed by atoms with Gasteiger partial charge in [-0.2, -0.15) is 0 Å². The molecular formula is C32H44O22. The van der Waals surface area contributed by atoms with Crippen molar-refractivity contribution in [1.82, 2.24) is 0 Å². The van der Waals surface area contributed by atoms with E-state index in [9.17, 15) is 43.8 Å². The van der Waals surface area contributed by atoms with Crippen LogP contribution in [0.4, 0.5) is 0 Å². The minimum atomic E-state index is -1.84. The lowest BCUT2D eigenvalue weighted by Gasteiger charge is -2.49. The molecule has 304 valence electrons. The number of hydrogen-bond donors (Lipinski definition) is 2. The Morgan fingerprint density at radius 1 is 0.519 bits per heavy atom. The van der Waals surface area contributed by atoms with Crippen molar-refractivity contribution in [3.05, 3.63) is 0 Å². The summed E-state index contributed by atoms with van der Waals surface area (Å²) in [5.41, 5.74) is 0. The van der Waals surface area contributed by atoms with Gasteiger partial charge in [-0.15, -0.1) is 0 Å². The Bertz CT molecular complexity index is 1400. The van der Waals surface area contributed by atoms with Gasteiger partial charge in [-0.05, 0) is 0 Å². The Balaban J connectivity index is 1.79. The lowest BCUT2D eigenvalue weighted by molar-refractivity contribution is -0.372. The van der Waals surface area contributed by atoms with E-state index in [-0.39, 0.29) is 6.61 Å². The number of hydrogen-bond acceptors (Lipinski definition) is 22. The molecule has 0 saturated carbocycles. The van der Waals surface area contributed by atoms with Crippen LogP contribution in [0.25, 0.3) is 0 Å². The molecule has 0 amide bonds. The van der Waals surface area contributed by atoms with Crippen LogP contribution in [-0.2, 0) is 95.1 Å². The average molecular weight is 781 g/mol. The maximum Gasteiger partial charge on any atom is 0.303 e. The van der Waals surface area contributed by atoms with Gasteiger partial charge in [0.1, 0.15) is 43.2 Å². The lowest BCUT2D eigenvalue weighted by Crippen LogP contribution is -2.68. The molecule has 0 aromatic rings. The summed E-state index contributed by atoms with van der Waals surface area (Å²) in [6, 6.07) is 0. The van der Waals surface area contributed by atoms with E-state index >= 15 is 0 Å². The van der Waals surface area contributed by atoms with E-state index in [4.69, 9.17) is 61.6 Å². The SMILES string of the molecule is CC(=O)OC[C@H]1O[C@H](OC2[C@H]3CO[C@H](O3)[C@H](OC(C)=O)[C@H]2OC(C)=O)[C@H](OC(C)=O)[C@@H](OC(C)=O)[C@@H]1O[C@H]1O[C@H](CO)[C@@H](O)[C@H](OC(C)=O)[C@H]1OC(C)=O. The van der Waals surface area contributed by atoms with Gasteiger partial charge in [0.05, 0.1) is 13.2 Å². The second kappa shape index (κ2) is 18.5. The summed E-state index contributed by atoms with van der Waals surface area (Å²) in [4.78, 5) is 85.8. The second-order valence-corrected chi connectivity index (χ2v) is 12.6. The molecule has 4 saturated heterocycles. The summed E-state index contributed by atoms with van der Waals surface area (Å²) in [7, 11) is 0. The van der Waals surface area contributed by atoms with Crippen LogP contribution >= 0.6 is 0 Å². The fourth-order valence-corrected chi connectivity index (χ4v) is 6.38. The number of fused-ring (bicyclic) bond motifs is 2. The van der Waals surface area contributed by atoms with Crippen LogP contribution in [0, 0.1) is 0 Å². The lowest BCUT2D eigenvalue weighted by atomic mass is 9.95. The molecule has 4 aliphatic heterocycles. The molecule has 0 aromatic heterocycles. The fourth-order valence-electron chi connectivity index (χ4n) is 6.38. The van der Waals surface area contributed by atoms with E-state index in [1.54, 1.807) is 0 Å². The van der Waals surface area contributed by atoms with Crippen molar-refractivity contribution in [2.75, 3.05) is 19.8 Å². The summed E-state index contributed by atoms with van der Waals surface area (Å²) in [6.45, 7) is 5.64. The van der Waals surface area contributed by atoms with Crippen LogP contribution in [0.1, 0.15) is 48.5 Å². The first-order chi connectivity index (χ1) is 25.4. The number of aliphatic hydroxyl groups is 2. The Morgan fingerprint density at radius 3 is 1.44 bits per heavy atom. The van der Waals surface area contributed by atoms with Crippen molar-refractivity contribution in [3.63, 3.8) is 0 Å². The molecule has 4 aliphatic rings. The minimum absolute atomic E-state index is 0.149. The molecule has 1 unspecified atom stereocenters. The molecule has 2 N–H and O–H groups in total. The molecular weight excluding hydrogens is 736 g/mol. The number of rotatable bonds is 13. The summed E-state index contributed by atoms with van der Waals surface area (Å²) >= 11 is 0. The Kier molecular flexibility index (Phi) is 14.7. The molecule has 2 bridgehead atoms. The van der Waals surface area contributed by atoms with Gasteiger partial charge in [-0.1, -0.05) is 0 Å². The molecule has 15 atom stereocenters. The topological polar surface area (TPSA) is 280 Å². The van der Waals surface area contributed by atoms with Gasteiger partial charge in [-0.3, -0.25) is 33.6 Å². The summed E-state index contributed by atoms with van der Waals surface area (Å²) in [6.07, 6.45) is -23.2. The monoisotopic (exact) mass is 780 g/mol. The van der Waals surface area contributed by atoms with Gasteiger partial charge in [0.2, 0.25) is 0 Å². The third-order valence-corrected chi connectivity index (χ3v) is 8.25. The summed E-state index contributed by atoms with van der Waals surface area (Å²) in [5, 5.41) is 20.9. The molecule has 22 heteroatoms. The smallest absolute Gasteiger partial charge is 0.303 e. The van der Waals surface area contributed by atoms with Crippen molar-refractivity contribution in [1.29, 1.82) is 0 Å². The first-order valence-electron chi connectivity index (χ1n) is 16.7. The van der Waals surface area contributed by atoms with Crippen LogP contribution in [0.3, 0.4) is 0 Å². The van der Waals surface area contributed by atoms with Gasteiger partial charge in [0.15, 0.2) is 55.5 Å². The first-order valence-corrected chi connectivity index (χ1v) is 16.7. The highest BCUT2D eigenvalue weighted by Crippen LogP contribution is 2.39. The highest BCUT2D eigenvalue weighted by atomic mass is 16.8. The van der Waals surface area contributed by atoms with E-state index in [1.165, 1.54) is 0 Å². The Hall–Kier alpha value is -4.03. The number of carbonyl (C=O) groups excluding carboxylic acids is 7. The zero-order valence-electron chi connectivity index (χ0n) is 30.3. The van der Waals surface area contributed by atoms with E-state index in [0.717, 1.165) is 48.5 Å². The maximum atomic E-state index is 12.6. The Labute approximate surface area is 307 Å². The van der Waals surface area contributed by atoms with Crippen LogP contribution in [-0.4, -0.2) is 164 Å². The zero-order chi connectivity index (χ0) is 40.0. The molecule has 0 aliphatic carbocycles. The average Bonchev–Trinajstić information content (AvgIpc) is 3.50. The van der Waals surface area contributed by atoms with Gasteiger partial charge < -0.3 is 71.8 Å². The maximum absolute atomic E-state index is 12.6. The predicted octanol–water partition coefficient (Wildman–Crippen LogP) is -2.53. The van der Waals surface area contributed by atoms with Crippen LogP contribution in [0.5, 0.6) is 0 Å². The van der Waals surface area contributed by atoms with Crippen molar-refractivity contribution in [3.8, 4) is 0 Å². The molecule has 4 fully saturated rings. The molecule has 0 spiro atoms. The number of esters is 7. The van der Waals surface area contributed by atoms with Crippen LogP contribution in [0.2, 0.25) is 0 Å². The van der Waals surface area contributed by atoms with E-state index in [1.807, 2.05) is 0 Å². The van der Waals surface area contributed by atoms with Crippen molar-refractivity contribution in [2.45, 2.75) is 141 Å². The summed E-state index contributed by atoms with van der Waals surface area (Å²) < 4.78 is 73.7. The highest BCUT2D eigenvalue weighted by molar-refractivity contribution is 5.69. The van der Waals surface area contributed by atoms with Crippen LogP contribution < -0.4 is 0 Å². The van der Waals surface area contributed by atoms with Crippen molar-refractivity contribution in [2.24, 2.45) is 0 Å². The standard InChI is InChI=1S/C32H44O22/c1-11(34)42-9-19-22(53-31-27(47-15(5)38)24(44-12(2)35)21(41)18(8-33)50-31)26(46-14(4)37)29(49-17(7)40)32(52-19)54-23-20-10-43-30(51-20)28(48-16(6)39)25(23)45-13(3)36/h18-33,41H,8-10H2,1-7H3/t18-,19-,20-,21-,22-,23?,24+,25+,26+,27-,28-,29-,30-,31-,32-/m1/s1. The minimum Gasteiger partial charge on any atom is -0.463 e. The quantitative estimate of drug-likeness (QED) is 0.144. The van der Waals surface area contributed by atoms with Gasteiger partial charge >= 0.3 is 41.8 Å². The van der Waals surface area contributed by atoms with Gasteiger partial charge in [0.25, 0.3) is 0 Å². The number of aliphatic hydroxyl groups excluding tert-OH is 2. The van der Waals surface area contributed by atoms with Crippen LogP contribution in [0.15, 0.2) is 0 Å². The third-order valence-electron chi connectivity index (χ3n) is 8.25. The van der Waals surface area contributed by atoms with Crippen molar-refractivity contribution < 1.29 is 105 Å². The largest absolute Gasteiger partial charge is 0.463 e. The molecule has 4 rings (SSSR count). The van der Waals surface area contributed by atoms with Gasteiger partial charge in [0, 0.05) is 48.5 Å². The van der Waals surface area contributed by atoms with E-state index in [2.05, 4.69) is 0 Å². The second-order valence-electron chi connectivity index (χ2n) is 12.6. The third kappa shape index (κ3) is 10.6. The molecule has 54 heavy (non-hydrogen) atoms. The fraction of sp³-hybridized carbons (Fsp3) is 0.781. The number of ether oxygens (including phenoxy) is 13. The molecule has 4 heterocycles. The van der Waals surface area contributed by atoms with Crippen molar-refractivity contribution >= 4 is 41.8 Å². The Morgan fingerprint density at radius 2 is 0.944 bits per heavy atom. The number of carbonyl (C=O) groups is 7. The zero-order valence-corrected chi connectivity index (χ0v) is 30.3. The molecule has 22 nitrogen and oxygen atoms in total. The predicted molar refractivity (Wildman–Crippen MR) is 165 cm³/mol. The highest BCUT2D eigenvalue weighted by Gasteiger charge is 2.60. The first kappa shape index (κ1) is 42.7.